The molecule has 2 aliphatic rings. The van der Waals surface area contributed by atoms with Crippen molar-refractivity contribution in [1.82, 2.24) is 9.21 Å². The molecule has 124 valence electrons. The fourth-order valence-electron chi connectivity index (χ4n) is 3.54. The number of fused-ring (bicyclic) bond motifs is 1. The normalized spacial score (nSPS) is 26.5. The number of nitrogens with zero attached hydrogens (tertiary/aromatic N) is 3. The van der Waals surface area contributed by atoms with Gasteiger partial charge in [-0.25, -0.2) is 8.42 Å². The Labute approximate surface area is 142 Å². The van der Waals surface area contributed by atoms with Crippen LogP contribution >= 0.6 is 11.6 Å². The van der Waals surface area contributed by atoms with Gasteiger partial charge in [-0.15, -0.1) is 0 Å². The Morgan fingerprint density at radius 3 is 2.78 bits per heavy atom. The molecule has 2 aliphatic heterocycles. The number of benzene rings is 1. The Bertz CT molecular complexity index is 744. The van der Waals surface area contributed by atoms with E-state index in [9.17, 15) is 8.42 Å². The first-order chi connectivity index (χ1) is 10.9. The molecule has 2 fully saturated rings. The van der Waals surface area contributed by atoms with E-state index >= 15 is 0 Å². The highest BCUT2D eigenvalue weighted by Crippen LogP contribution is 2.30. The summed E-state index contributed by atoms with van der Waals surface area (Å²) in [5, 5.41) is 9.11. The molecule has 0 saturated carbocycles. The Kier molecular flexibility index (Phi) is 4.65. The number of piperidine rings is 1. The molecule has 7 heteroatoms. The maximum atomic E-state index is 13.0. The van der Waals surface area contributed by atoms with Crippen LogP contribution in [0.5, 0.6) is 0 Å². The van der Waals surface area contributed by atoms with Crippen LogP contribution in [0.25, 0.3) is 0 Å². The van der Waals surface area contributed by atoms with Gasteiger partial charge >= 0.3 is 0 Å². The maximum absolute atomic E-state index is 13.0. The fourth-order valence-corrected chi connectivity index (χ4v) is 5.52. The van der Waals surface area contributed by atoms with Crippen molar-refractivity contribution in [1.29, 1.82) is 5.26 Å². The lowest BCUT2D eigenvalue weighted by atomic mass is 9.99. The first kappa shape index (κ1) is 16.7. The average Bonchev–Trinajstić information content (AvgIpc) is 2.54. The Morgan fingerprint density at radius 1 is 1.30 bits per heavy atom. The van der Waals surface area contributed by atoms with Crippen LogP contribution in [0.3, 0.4) is 0 Å². The minimum Gasteiger partial charge on any atom is -0.297 e. The van der Waals surface area contributed by atoms with E-state index in [1.54, 1.807) is 4.31 Å². The van der Waals surface area contributed by atoms with E-state index in [1.807, 2.05) is 13.0 Å². The monoisotopic (exact) mass is 353 g/mol. The second-order valence-electron chi connectivity index (χ2n) is 6.32. The van der Waals surface area contributed by atoms with Crippen molar-refractivity contribution in [3.8, 4) is 6.07 Å². The van der Waals surface area contributed by atoms with Gasteiger partial charge in [0.1, 0.15) is 6.07 Å². The molecule has 0 amide bonds. The predicted molar refractivity (Wildman–Crippen MR) is 88.7 cm³/mol. The van der Waals surface area contributed by atoms with E-state index in [1.165, 1.54) is 24.6 Å². The maximum Gasteiger partial charge on any atom is 0.243 e. The van der Waals surface area contributed by atoms with Crippen molar-refractivity contribution in [3.05, 3.63) is 28.8 Å². The van der Waals surface area contributed by atoms with Crippen molar-refractivity contribution in [2.75, 3.05) is 19.6 Å². The molecule has 2 atom stereocenters. The number of piperazine rings is 1. The fraction of sp³-hybridized carbons (Fsp3) is 0.562. The summed E-state index contributed by atoms with van der Waals surface area (Å²) in [6.45, 7) is 4.31. The summed E-state index contributed by atoms with van der Waals surface area (Å²) >= 11 is 6.01. The predicted octanol–water partition coefficient (Wildman–Crippen LogP) is 2.46. The van der Waals surface area contributed by atoms with E-state index in [4.69, 9.17) is 16.9 Å². The van der Waals surface area contributed by atoms with Crippen molar-refractivity contribution in [2.24, 2.45) is 0 Å². The van der Waals surface area contributed by atoms with Gasteiger partial charge in [0.05, 0.1) is 15.5 Å². The van der Waals surface area contributed by atoms with E-state index in [0.717, 1.165) is 25.9 Å². The second kappa shape index (κ2) is 6.40. The third kappa shape index (κ3) is 3.11. The molecular weight excluding hydrogens is 334 g/mol. The van der Waals surface area contributed by atoms with Crippen LogP contribution in [0.15, 0.2) is 23.1 Å². The molecule has 0 unspecified atom stereocenters. The molecule has 0 aromatic heterocycles. The van der Waals surface area contributed by atoms with E-state index in [-0.39, 0.29) is 21.5 Å². The molecule has 5 nitrogen and oxygen atoms in total. The molecule has 1 aromatic carbocycles. The zero-order valence-corrected chi connectivity index (χ0v) is 14.6. The molecule has 0 bridgehead atoms. The summed E-state index contributed by atoms with van der Waals surface area (Å²) in [6, 6.07) is 6.52. The van der Waals surface area contributed by atoms with E-state index < -0.39 is 10.0 Å². The molecule has 1 aromatic rings. The highest BCUT2D eigenvalue weighted by atomic mass is 35.5. The summed E-state index contributed by atoms with van der Waals surface area (Å²) < 4.78 is 27.6. The number of halogens is 1. The summed E-state index contributed by atoms with van der Waals surface area (Å²) in [7, 11) is -3.60. The SMILES string of the molecule is C[C@@H]1CN2CCCC[C@H]2CN1S(=O)(=O)c1ccc(C#N)c(Cl)c1. The largest absolute Gasteiger partial charge is 0.297 e. The number of sulfonamides is 1. The molecule has 3 rings (SSSR count). The summed E-state index contributed by atoms with van der Waals surface area (Å²) in [5.41, 5.74) is 0.288. The summed E-state index contributed by atoms with van der Waals surface area (Å²) in [4.78, 5) is 2.57. The van der Waals surface area contributed by atoms with Crippen LogP contribution in [0.2, 0.25) is 5.02 Å². The molecule has 0 N–H and O–H groups in total. The van der Waals surface area contributed by atoms with Gasteiger partial charge < -0.3 is 0 Å². The smallest absolute Gasteiger partial charge is 0.243 e. The molecule has 2 heterocycles. The number of nitriles is 1. The van der Waals surface area contributed by atoms with Gasteiger partial charge in [0.25, 0.3) is 0 Å². The topological polar surface area (TPSA) is 64.4 Å². The van der Waals surface area contributed by atoms with Crippen molar-refractivity contribution < 1.29 is 8.42 Å². The summed E-state index contributed by atoms with van der Waals surface area (Å²) in [5.74, 6) is 0. The minimum atomic E-state index is -3.60. The summed E-state index contributed by atoms with van der Waals surface area (Å²) in [6.07, 6.45) is 3.40. The molecule has 0 aliphatic carbocycles. The van der Waals surface area contributed by atoms with Crippen LogP contribution in [0.4, 0.5) is 0 Å². The van der Waals surface area contributed by atoms with E-state index in [0.29, 0.717) is 12.6 Å². The first-order valence-corrected chi connectivity index (χ1v) is 9.71. The third-order valence-electron chi connectivity index (χ3n) is 4.80. The molecular formula is C16H20ClN3O2S. The number of rotatable bonds is 2. The Hall–Kier alpha value is -1.13. The van der Waals surface area contributed by atoms with Crippen molar-refractivity contribution in [3.63, 3.8) is 0 Å². The molecule has 0 radical (unpaired) electrons. The van der Waals surface area contributed by atoms with Crippen molar-refractivity contribution in [2.45, 2.75) is 43.2 Å². The lowest BCUT2D eigenvalue weighted by molar-refractivity contribution is 0.0564. The van der Waals surface area contributed by atoms with Crippen LogP contribution < -0.4 is 0 Å². The van der Waals surface area contributed by atoms with Gasteiger partial charge in [0, 0.05) is 25.2 Å². The lowest BCUT2D eigenvalue weighted by Crippen LogP contribution is -2.59. The number of hydrogen-bond acceptors (Lipinski definition) is 4. The van der Waals surface area contributed by atoms with Crippen LogP contribution in [-0.4, -0.2) is 49.3 Å². The van der Waals surface area contributed by atoms with Gasteiger partial charge in [-0.1, -0.05) is 18.0 Å². The van der Waals surface area contributed by atoms with Crippen molar-refractivity contribution >= 4 is 21.6 Å². The van der Waals surface area contributed by atoms with E-state index in [2.05, 4.69) is 4.90 Å². The van der Waals surface area contributed by atoms with Gasteiger partial charge in [0.15, 0.2) is 0 Å². The molecule has 0 spiro atoms. The Balaban J connectivity index is 1.90. The quantitative estimate of drug-likeness (QED) is 0.819. The van der Waals surface area contributed by atoms with Gasteiger partial charge in [0.2, 0.25) is 10.0 Å². The van der Waals surface area contributed by atoms with Gasteiger partial charge in [-0.3, -0.25) is 4.90 Å². The minimum absolute atomic E-state index is 0.0660. The molecule has 2 saturated heterocycles. The number of hydrogen-bond donors (Lipinski definition) is 0. The zero-order chi connectivity index (χ0) is 16.6. The van der Waals surface area contributed by atoms with Gasteiger partial charge in [-0.2, -0.15) is 9.57 Å². The average molecular weight is 354 g/mol. The zero-order valence-electron chi connectivity index (χ0n) is 13.1. The second-order valence-corrected chi connectivity index (χ2v) is 8.62. The van der Waals surface area contributed by atoms with Gasteiger partial charge in [-0.05, 0) is 44.5 Å². The highest BCUT2D eigenvalue weighted by molar-refractivity contribution is 7.89. The Morgan fingerprint density at radius 2 is 2.09 bits per heavy atom. The standard InChI is InChI=1S/C16H20ClN3O2S/c1-12-10-19-7-3-2-4-14(19)11-20(12)23(21,22)15-6-5-13(9-18)16(17)8-15/h5-6,8,12,14H,2-4,7,10-11H2,1H3/t12-,14+/m1/s1. The van der Waals surface area contributed by atoms with Crippen LogP contribution in [0.1, 0.15) is 31.7 Å². The highest BCUT2D eigenvalue weighted by Gasteiger charge is 2.39. The lowest BCUT2D eigenvalue weighted by Gasteiger charge is -2.46. The molecule has 23 heavy (non-hydrogen) atoms. The first-order valence-electron chi connectivity index (χ1n) is 7.89. The van der Waals surface area contributed by atoms with Crippen LogP contribution in [-0.2, 0) is 10.0 Å². The van der Waals surface area contributed by atoms with Crippen LogP contribution in [0, 0.1) is 11.3 Å². The third-order valence-corrected chi connectivity index (χ3v) is 7.09.